The van der Waals surface area contributed by atoms with Crippen LogP contribution in [0.1, 0.15) is 35.3 Å². The zero-order chi connectivity index (χ0) is 15.4. The first-order valence-electron chi connectivity index (χ1n) is 7.69. The molecule has 0 radical (unpaired) electrons. The van der Waals surface area contributed by atoms with Gasteiger partial charge in [-0.25, -0.2) is 4.39 Å². The molecule has 2 heterocycles. The first kappa shape index (κ1) is 14.9. The van der Waals surface area contributed by atoms with Crippen LogP contribution < -0.4 is 0 Å². The third-order valence-electron chi connectivity index (χ3n) is 4.05. The molecule has 0 N–H and O–H groups in total. The molecule has 1 aliphatic rings. The lowest BCUT2D eigenvalue weighted by molar-refractivity contribution is 0.112. The van der Waals surface area contributed by atoms with Gasteiger partial charge in [0.05, 0.1) is 11.4 Å². The monoisotopic (exact) mass is 298 g/mol. The summed E-state index contributed by atoms with van der Waals surface area (Å²) in [6.07, 6.45) is 4.42. The molecule has 114 valence electrons. The predicted octanol–water partition coefficient (Wildman–Crippen LogP) is 3.69. The molecule has 3 rings (SSSR count). The second kappa shape index (κ2) is 6.79. The number of aldehydes is 1. The Kier molecular flexibility index (Phi) is 4.59. The molecule has 1 saturated heterocycles. The third kappa shape index (κ3) is 3.39. The Bertz CT molecular complexity index is 666. The number of carbonyl (C=O) groups is 1. The van der Waals surface area contributed by atoms with Gasteiger partial charge in [0, 0.05) is 17.7 Å². The number of hydrogen-bond donors (Lipinski definition) is 0. The molecule has 0 spiro atoms. The van der Waals surface area contributed by atoms with Gasteiger partial charge in [0.15, 0.2) is 0 Å². The number of piperidine rings is 1. The largest absolute Gasteiger partial charge is 0.298 e. The number of pyridine rings is 1. The highest BCUT2D eigenvalue weighted by Gasteiger charge is 2.12. The van der Waals surface area contributed by atoms with E-state index in [-0.39, 0.29) is 0 Å². The summed E-state index contributed by atoms with van der Waals surface area (Å²) in [5.41, 5.74) is 2.35. The summed E-state index contributed by atoms with van der Waals surface area (Å²) in [6.45, 7) is 3.02. The highest BCUT2D eigenvalue weighted by molar-refractivity contribution is 5.76. The summed E-state index contributed by atoms with van der Waals surface area (Å²) in [5, 5.41) is 0. The van der Waals surface area contributed by atoms with E-state index in [1.54, 1.807) is 18.2 Å². The second-order valence-corrected chi connectivity index (χ2v) is 5.71. The lowest BCUT2D eigenvalue weighted by Gasteiger charge is -2.26. The molecule has 1 aromatic carbocycles. The summed E-state index contributed by atoms with van der Waals surface area (Å²) in [4.78, 5) is 17.7. The van der Waals surface area contributed by atoms with Gasteiger partial charge in [-0.2, -0.15) is 0 Å². The van der Waals surface area contributed by atoms with Crippen molar-refractivity contribution in [2.45, 2.75) is 25.8 Å². The Morgan fingerprint density at radius 3 is 2.68 bits per heavy atom. The zero-order valence-electron chi connectivity index (χ0n) is 12.5. The summed E-state index contributed by atoms with van der Waals surface area (Å²) < 4.78 is 14.1. The van der Waals surface area contributed by atoms with Crippen molar-refractivity contribution in [1.29, 1.82) is 0 Å². The molecule has 0 unspecified atom stereocenters. The standard InChI is InChI=1S/C18H19FN2O/c19-17-11-14(13-22)7-8-16(17)18-6-4-5-15(20-18)12-21-9-2-1-3-10-21/h4-8,11,13H,1-3,9-10,12H2. The minimum atomic E-state index is -0.410. The van der Waals surface area contributed by atoms with Gasteiger partial charge in [-0.3, -0.25) is 14.7 Å². The molecule has 0 amide bonds. The number of aromatic nitrogens is 1. The van der Waals surface area contributed by atoms with Crippen molar-refractivity contribution in [3.05, 3.63) is 53.5 Å². The van der Waals surface area contributed by atoms with Crippen molar-refractivity contribution in [2.75, 3.05) is 13.1 Å². The van der Waals surface area contributed by atoms with E-state index >= 15 is 0 Å². The molecule has 0 saturated carbocycles. The van der Waals surface area contributed by atoms with Crippen molar-refractivity contribution in [3.8, 4) is 11.3 Å². The maximum Gasteiger partial charge on any atom is 0.150 e. The van der Waals surface area contributed by atoms with Crippen molar-refractivity contribution in [3.63, 3.8) is 0 Å². The van der Waals surface area contributed by atoms with Crippen molar-refractivity contribution in [1.82, 2.24) is 9.88 Å². The van der Waals surface area contributed by atoms with Crippen LogP contribution in [0.5, 0.6) is 0 Å². The molecular weight excluding hydrogens is 279 g/mol. The Morgan fingerprint density at radius 1 is 1.14 bits per heavy atom. The van der Waals surface area contributed by atoms with E-state index in [9.17, 15) is 9.18 Å². The molecule has 2 aromatic rings. The molecule has 1 aromatic heterocycles. The van der Waals surface area contributed by atoms with Gasteiger partial charge in [0.25, 0.3) is 0 Å². The molecular formula is C18H19FN2O. The van der Waals surface area contributed by atoms with E-state index in [1.807, 2.05) is 12.1 Å². The molecule has 0 atom stereocenters. The van der Waals surface area contributed by atoms with E-state index in [4.69, 9.17) is 0 Å². The van der Waals surface area contributed by atoms with Gasteiger partial charge in [-0.1, -0.05) is 18.6 Å². The zero-order valence-corrected chi connectivity index (χ0v) is 12.5. The first-order valence-corrected chi connectivity index (χ1v) is 7.69. The normalized spacial score (nSPS) is 15.7. The molecule has 1 aliphatic heterocycles. The SMILES string of the molecule is O=Cc1ccc(-c2cccc(CN3CCCCC3)n2)c(F)c1. The smallest absolute Gasteiger partial charge is 0.150 e. The number of benzene rings is 1. The van der Waals surface area contributed by atoms with Gasteiger partial charge in [-0.05, 0) is 50.2 Å². The van der Waals surface area contributed by atoms with E-state index < -0.39 is 5.82 Å². The molecule has 4 heteroatoms. The van der Waals surface area contributed by atoms with Gasteiger partial charge in [-0.15, -0.1) is 0 Å². The number of carbonyl (C=O) groups excluding carboxylic acids is 1. The fourth-order valence-electron chi connectivity index (χ4n) is 2.88. The van der Waals surface area contributed by atoms with Gasteiger partial charge in [0.2, 0.25) is 0 Å². The second-order valence-electron chi connectivity index (χ2n) is 5.71. The number of halogens is 1. The summed E-state index contributed by atoms with van der Waals surface area (Å²) in [6, 6.07) is 10.2. The Labute approximate surface area is 129 Å². The van der Waals surface area contributed by atoms with Gasteiger partial charge < -0.3 is 0 Å². The minimum Gasteiger partial charge on any atom is -0.298 e. The summed E-state index contributed by atoms with van der Waals surface area (Å²) in [7, 11) is 0. The highest BCUT2D eigenvalue weighted by Crippen LogP contribution is 2.22. The van der Waals surface area contributed by atoms with Crippen molar-refractivity contribution in [2.24, 2.45) is 0 Å². The summed E-state index contributed by atoms with van der Waals surface area (Å²) >= 11 is 0. The van der Waals surface area contributed by atoms with Crippen molar-refractivity contribution >= 4 is 6.29 Å². The Morgan fingerprint density at radius 2 is 1.95 bits per heavy atom. The number of hydrogen-bond acceptors (Lipinski definition) is 3. The number of rotatable bonds is 4. The average molecular weight is 298 g/mol. The van der Waals surface area contributed by atoms with Crippen LogP contribution in [0.4, 0.5) is 4.39 Å². The predicted molar refractivity (Wildman–Crippen MR) is 84.1 cm³/mol. The molecule has 0 bridgehead atoms. The maximum atomic E-state index is 14.1. The van der Waals surface area contributed by atoms with Gasteiger partial charge in [0.1, 0.15) is 12.1 Å². The summed E-state index contributed by atoms with van der Waals surface area (Å²) in [5.74, 6) is -0.410. The quantitative estimate of drug-likeness (QED) is 0.807. The van der Waals surface area contributed by atoms with Crippen LogP contribution in [0.15, 0.2) is 36.4 Å². The highest BCUT2D eigenvalue weighted by atomic mass is 19.1. The molecule has 22 heavy (non-hydrogen) atoms. The van der Waals surface area contributed by atoms with Crippen LogP contribution in [0.25, 0.3) is 11.3 Å². The van der Waals surface area contributed by atoms with Crippen LogP contribution in [0, 0.1) is 5.82 Å². The Hall–Kier alpha value is -2.07. The maximum absolute atomic E-state index is 14.1. The minimum absolute atomic E-state index is 0.339. The van der Waals surface area contributed by atoms with Crippen LogP contribution in [0.2, 0.25) is 0 Å². The topological polar surface area (TPSA) is 33.2 Å². The van der Waals surface area contributed by atoms with E-state index in [0.717, 1.165) is 25.3 Å². The third-order valence-corrected chi connectivity index (χ3v) is 4.05. The molecule has 1 fully saturated rings. The van der Waals surface area contributed by atoms with Crippen LogP contribution in [-0.2, 0) is 6.54 Å². The number of nitrogens with zero attached hydrogens (tertiary/aromatic N) is 2. The molecule has 0 aliphatic carbocycles. The lowest BCUT2D eigenvalue weighted by atomic mass is 10.1. The van der Waals surface area contributed by atoms with Crippen LogP contribution in [-0.4, -0.2) is 29.3 Å². The number of likely N-dealkylation sites (tertiary alicyclic amines) is 1. The van der Waals surface area contributed by atoms with Crippen molar-refractivity contribution < 1.29 is 9.18 Å². The average Bonchev–Trinajstić information content (AvgIpc) is 2.56. The van der Waals surface area contributed by atoms with E-state index in [1.165, 1.54) is 25.3 Å². The van der Waals surface area contributed by atoms with Crippen LogP contribution >= 0.6 is 0 Å². The Balaban J connectivity index is 1.82. The first-order chi connectivity index (χ1) is 10.8. The fourth-order valence-corrected chi connectivity index (χ4v) is 2.88. The lowest BCUT2D eigenvalue weighted by Crippen LogP contribution is -2.29. The van der Waals surface area contributed by atoms with Gasteiger partial charge >= 0.3 is 0 Å². The fraction of sp³-hybridized carbons (Fsp3) is 0.333. The van der Waals surface area contributed by atoms with Crippen LogP contribution in [0.3, 0.4) is 0 Å². The molecule has 3 nitrogen and oxygen atoms in total. The van der Waals surface area contributed by atoms with E-state index in [2.05, 4.69) is 9.88 Å². The van der Waals surface area contributed by atoms with E-state index in [0.29, 0.717) is 23.1 Å².